The minimum absolute atomic E-state index is 0.244. The molecule has 0 amide bonds. The number of anilines is 3. The van der Waals surface area contributed by atoms with Crippen molar-refractivity contribution in [3.63, 3.8) is 0 Å². The minimum atomic E-state index is 0.244. The van der Waals surface area contributed by atoms with E-state index < -0.39 is 0 Å². The molecule has 148 valence electrons. The summed E-state index contributed by atoms with van der Waals surface area (Å²) < 4.78 is 3.38. The quantitative estimate of drug-likeness (QED) is 0.271. The summed E-state index contributed by atoms with van der Waals surface area (Å²) in [5.74, 6) is 1.08. The molecule has 0 fully saturated rings. The van der Waals surface area contributed by atoms with Crippen LogP contribution in [0, 0.1) is 0 Å². The molecule has 0 N–H and O–H groups in total. The first kappa shape index (κ1) is 18.2. The Hall–Kier alpha value is -3.59. The normalized spacial score (nSPS) is 11.2. The number of fused-ring (bicyclic) bond motifs is 2. The van der Waals surface area contributed by atoms with Crippen molar-refractivity contribution in [3.8, 4) is 11.3 Å². The molecule has 6 rings (SSSR count). The monoisotopic (exact) mass is 465 g/mol. The van der Waals surface area contributed by atoms with E-state index >= 15 is 0 Å². The zero-order valence-corrected chi connectivity index (χ0v) is 18.4. The Morgan fingerprint density at radius 2 is 1.39 bits per heavy atom. The fraction of sp³-hybridized carbons (Fsp3) is 0. The van der Waals surface area contributed by atoms with E-state index in [1.165, 1.54) is 10.8 Å². The van der Waals surface area contributed by atoms with Crippen molar-refractivity contribution in [1.82, 2.24) is 9.38 Å². The fourth-order valence-electron chi connectivity index (χ4n) is 4.06. The molecule has 0 spiro atoms. The van der Waals surface area contributed by atoms with Crippen LogP contribution in [0.3, 0.4) is 0 Å². The molecule has 0 saturated heterocycles. The molecule has 31 heavy (non-hydrogen) atoms. The predicted octanol–water partition coefficient (Wildman–Crippen LogP) is 6.68. The number of nitrogens with zero attached hydrogens (tertiary/aromatic N) is 3. The Labute approximate surface area is 186 Å². The van der Waals surface area contributed by atoms with Gasteiger partial charge in [0.25, 0.3) is 0 Å². The molecule has 0 atom stereocenters. The molecule has 0 unspecified atom stereocenters. The molecule has 0 aliphatic heterocycles. The zero-order chi connectivity index (χ0) is 20.6. The van der Waals surface area contributed by atoms with Crippen LogP contribution in [0.25, 0.3) is 26.6 Å². The number of aromatic nitrogens is 2. The van der Waals surface area contributed by atoms with Crippen LogP contribution in [0.2, 0.25) is 0 Å². The van der Waals surface area contributed by atoms with Crippen LogP contribution < -0.4 is 4.90 Å². The van der Waals surface area contributed by atoms with Gasteiger partial charge in [0, 0.05) is 0 Å². The van der Waals surface area contributed by atoms with E-state index in [-0.39, 0.29) is 14.5 Å². The summed E-state index contributed by atoms with van der Waals surface area (Å²) in [6.07, 6.45) is 2.17. The average Bonchev–Trinajstić information content (AvgIpc) is 3.43. The predicted molar refractivity (Wildman–Crippen MR) is 130 cm³/mol. The summed E-state index contributed by atoms with van der Waals surface area (Å²) in [6, 6.07) is 36.2. The molecule has 4 heteroatoms. The van der Waals surface area contributed by atoms with E-state index in [4.69, 9.17) is 4.98 Å². The first-order valence-electron chi connectivity index (χ1n) is 10.2. The van der Waals surface area contributed by atoms with Gasteiger partial charge in [-0.2, -0.15) is 0 Å². The summed E-state index contributed by atoms with van der Waals surface area (Å²) in [5, 5.41) is 2.47. The summed E-state index contributed by atoms with van der Waals surface area (Å²) >= 11 is 0.244. The molecule has 0 saturated carbocycles. The zero-order valence-electron chi connectivity index (χ0n) is 16.7. The van der Waals surface area contributed by atoms with Gasteiger partial charge in [0.2, 0.25) is 0 Å². The first-order chi connectivity index (χ1) is 15.4. The van der Waals surface area contributed by atoms with Gasteiger partial charge in [-0.25, -0.2) is 0 Å². The number of hydrogen-bond donors (Lipinski definition) is 0. The van der Waals surface area contributed by atoms with Crippen molar-refractivity contribution in [2.45, 2.75) is 0 Å². The van der Waals surface area contributed by atoms with Crippen LogP contribution in [0.4, 0.5) is 17.2 Å². The van der Waals surface area contributed by atoms with E-state index in [1.807, 2.05) is 0 Å². The fourth-order valence-corrected chi connectivity index (χ4v) is 5.55. The van der Waals surface area contributed by atoms with E-state index in [2.05, 4.69) is 124 Å². The molecular weight excluding hydrogens is 445 g/mol. The van der Waals surface area contributed by atoms with Crippen LogP contribution >= 0.6 is 0 Å². The third kappa shape index (κ3) is 3.17. The molecule has 0 aliphatic carbocycles. The maximum atomic E-state index is 5.08. The molecule has 2 aromatic heterocycles. The van der Waals surface area contributed by atoms with E-state index in [1.54, 1.807) is 0 Å². The van der Waals surface area contributed by atoms with Crippen LogP contribution in [0.15, 0.2) is 114 Å². The van der Waals surface area contributed by atoms with Crippen LogP contribution in [-0.2, 0) is 0 Å². The molecular formula is C27H19N3Se. The van der Waals surface area contributed by atoms with Gasteiger partial charge >= 0.3 is 187 Å². The van der Waals surface area contributed by atoms with Gasteiger partial charge in [0.05, 0.1) is 0 Å². The number of imidazole rings is 1. The Morgan fingerprint density at radius 1 is 0.677 bits per heavy atom. The second-order valence-electron chi connectivity index (χ2n) is 7.41. The number of para-hydroxylation sites is 1. The second-order valence-corrected chi connectivity index (χ2v) is 9.24. The Kier molecular flexibility index (Phi) is 4.45. The summed E-state index contributed by atoms with van der Waals surface area (Å²) in [7, 11) is 0. The molecule has 4 aromatic carbocycles. The second kappa shape index (κ2) is 7.59. The van der Waals surface area contributed by atoms with Crippen molar-refractivity contribution in [2.75, 3.05) is 4.90 Å². The van der Waals surface area contributed by atoms with Crippen molar-refractivity contribution >= 4 is 47.0 Å². The Morgan fingerprint density at radius 3 is 2.19 bits per heavy atom. The molecule has 0 radical (unpaired) electrons. The van der Waals surface area contributed by atoms with E-state index in [0.29, 0.717) is 0 Å². The van der Waals surface area contributed by atoms with Crippen LogP contribution in [-0.4, -0.2) is 23.9 Å². The summed E-state index contributed by atoms with van der Waals surface area (Å²) in [5.41, 5.74) is 4.38. The number of rotatable bonds is 4. The summed E-state index contributed by atoms with van der Waals surface area (Å²) in [6.45, 7) is 0. The molecule has 2 heterocycles. The van der Waals surface area contributed by atoms with Gasteiger partial charge in [-0.3, -0.25) is 0 Å². The third-order valence-electron chi connectivity index (χ3n) is 5.50. The number of hydrogen-bond acceptors (Lipinski definition) is 2. The van der Waals surface area contributed by atoms with Crippen molar-refractivity contribution in [1.29, 1.82) is 0 Å². The van der Waals surface area contributed by atoms with Crippen molar-refractivity contribution in [2.24, 2.45) is 0 Å². The van der Waals surface area contributed by atoms with Crippen molar-refractivity contribution < 1.29 is 0 Å². The first-order valence-corrected chi connectivity index (χ1v) is 12.1. The van der Waals surface area contributed by atoms with E-state index in [9.17, 15) is 0 Å². The van der Waals surface area contributed by atoms with E-state index in [0.717, 1.165) is 33.0 Å². The topological polar surface area (TPSA) is 20.5 Å². The third-order valence-corrected chi connectivity index (χ3v) is 7.09. The van der Waals surface area contributed by atoms with Crippen LogP contribution in [0.5, 0.6) is 0 Å². The number of benzene rings is 4. The molecule has 0 aliphatic rings. The van der Waals surface area contributed by atoms with Gasteiger partial charge in [-0.15, -0.1) is 0 Å². The molecule has 3 nitrogen and oxygen atoms in total. The average molecular weight is 464 g/mol. The molecule has 6 aromatic rings. The van der Waals surface area contributed by atoms with Gasteiger partial charge < -0.3 is 0 Å². The SMILES string of the molecule is c1ccc(-c2nc3[se]ccn3c2N(c2ccccc2)c2ccc3ccccc3c2)cc1. The maximum absolute atomic E-state index is 5.08. The standard InChI is InChI=1S/C27H19N3Se/c1-3-10-21(11-4-1)25-26(29-17-18-31-27(29)28-25)30(23-13-5-2-6-14-23)24-16-15-20-9-7-8-12-22(20)19-24/h1-19H. The van der Waals surface area contributed by atoms with Crippen LogP contribution in [0.1, 0.15) is 0 Å². The Bertz CT molecular complexity index is 1480. The molecule has 0 bridgehead atoms. The van der Waals surface area contributed by atoms with Gasteiger partial charge in [-0.05, 0) is 0 Å². The van der Waals surface area contributed by atoms with Gasteiger partial charge in [0.1, 0.15) is 0 Å². The Balaban J connectivity index is 1.66. The van der Waals surface area contributed by atoms with Crippen molar-refractivity contribution in [3.05, 3.63) is 114 Å². The summed E-state index contributed by atoms with van der Waals surface area (Å²) in [4.78, 5) is 9.65. The van der Waals surface area contributed by atoms with Gasteiger partial charge in [-0.1, -0.05) is 0 Å². The van der Waals surface area contributed by atoms with Gasteiger partial charge in [0.15, 0.2) is 0 Å².